The molecule has 0 radical (unpaired) electrons. The molecule has 2 aromatic rings. The highest BCUT2D eigenvalue weighted by Gasteiger charge is 1.97. The van der Waals surface area contributed by atoms with Crippen LogP contribution < -0.4 is 0 Å². The van der Waals surface area contributed by atoms with Crippen LogP contribution in [0.3, 0.4) is 0 Å². The van der Waals surface area contributed by atoms with Crippen LogP contribution in [0.1, 0.15) is 19.5 Å². The van der Waals surface area contributed by atoms with E-state index < -0.39 is 0 Å². The van der Waals surface area contributed by atoms with Crippen LogP contribution in [0.5, 0.6) is 0 Å². The number of halogens is 1. The third-order valence-electron chi connectivity index (χ3n) is 1.69. The number of fused-ring (bicyclic) bond motifs is 1. The molecule has 0 fully saturated rings. The molecule has 2 nitrogen and oxygen atoms in total. The summed E-state index contributed by atoms with van der Waals surface area (Å²) in [6, 6.07) is 4.07. The highest BCUT2D eigenvalue weighted by atomic mass is 79.9. The predicted molar refractivity (Wildman–Crippen MR) is 59.0 cm³/mol. The van der Waals surface area contributed by atoms with Crippen molar-refractivity contribution in [3.63, 3.8) is 0 Å². The van der Waals surface area contributed by atoms with E-state index >= 15 is 0 Å². The molecule has 0 amide bonds. The number of pyridine rings is 1. The van der Waals surface area contributed by atoms with Crippen LogP contribution in [0.4, 0.5) is 0 Å². The molecule has 0 bridgehead atoms. The molecule has 0 atom stereocenters. The number of aromatic nitrogens is 2. The molecule has 0 aliphatic heterocycles. The molecule has 0 aliphatic rings. The maximum Gasteiger partial charge on any atom is 0.0995 e. The molecular formula is C10H13BrN2. The van der Waals surface area contributed by atoms with Gasteiger partial charge in [0.25, 0.3) is 0 Å². The summed E-state index contributed by atoms with van der Waals surface area (Å²) in [6.07, 6.45) is 3.81. The van der Waals surface area contributed by atoms with E-state index in [0.29, 0.717) is 0 Å². The zero-order chi connectivity index (χ0) is 9.84. The minimum absolute atomic E-state index is 1.07. The fraction of sp³-hybridized carbons (Fsp3) is 0.300. The van der Waals surface area contributed by atoms with Gasteiger partial charge >= 0.3 is 0 Å². The summed E-state index contributed by atoms with van der Waals surface area (Å²) in [4.78, 5) is 4.18. The normalized spacial score (nSPS) is 9.54. The highest BCUT2D eigenvalue weighted by molar-refractivity contribution is 9.10. The molecule has 3 heteroatoms. The predicted octanol–water partition coefficient (Wildman–Crippen LogP) is 3.43. The second-order valence-electron chi connectivity index (χ2n) is 2.47. The molecule has 70 valence electrons. The lowest BCUT2D eigenvalue weighted by atomic mass is 10.3. The molecule has 2 rings (SSSR count). The van der Waals surface area contributed by atoms with Crippen LogP contribution >= 0.6 is 15.9 Å². The van der Waals surface area contributed by atoms with Crippen LogP contribution in [0.2, 0.25) is 0 Å². The second-order valence-corrected chi connectivity index (χ2v) is 3.39. The van der Waals surface area contributed by atoms with E-state index in [2.05, 4.69) is 20.9 Å². The Morgan fingerprint density at radius 3 is 2.69 bits per heavy atom. The van der Waals surface area contributed by atoms with Crippen LogP contribution in [-0.4, -0.2) is 9.38 Å². The van der Waals surface area contributed by atoms with Gasteiger partial charge in [0.15, 0.2) is 0 Å². The van der Waals surface area contributed by atoms with Crippen LogP contribution in [0.25, 0.3) is 5.52 Å². The van der Waals surface area contributed by atoms with Gasteiger partial charge in [0.2, 0.25) is 0 Å². The molecule has 0 unspecified atom stereocenters. The average Bonchev–Trinajstić information content (AvgIpc) is 2.51. The van der Waals surface area contributed by atoms with E-state index in [1.807, 2.05) is 49.8 Å². The van der Waals surface area contributed by atoms with Gasteiger partial charge in [-0.1, -0.05) is 13.8 Å². The standard InChI is InChI=1S/C8H7BrN2.C2H6/c1-6-8-3-2-7(9)4-11(8)5-10-6;1-2/h2-5H,1H3;1-2H3. The van der Waals surface area contributed by atoms with Crippen molar-refractivity contribution in [2.45, 2.75) is 20.8 Å². The number of hydrogen-bond acceptors (Lipinski definition) is 1. The Morgan fingerprint density at radius 2 is 2.00 bits per heavy atom. The van der Waals surface area contributed by atoms with Crippen molar-refractivity contribution in [1.29, 1.82) is 0 Å². The first kappa shape index (κ1) is 10.3. The summed E-state index contributed by atoms with van der Waals surface area (Å²) in [6.45, 7) is 6.00. The van der Waals surface area contributed by atoms with Crippen molar-refractivity contribution in [3.05, 3.63) is 34.8 Å². The summed E-state index contributed by atoms with van der Waals surface area (Å²) >= 11 is 3.39. The SMILES string of the molecule is CC.Cc1ncn2cc(Br)ccc12. The molecular weight excluding hydrogens is 228 g/mol. The van der Waals surface area contributed by atoms with Gasteiger partial charge < -0.3 is 4.40 Å². The van der Waals surface area contributed by atoms with Gasteiger partial charge in [-0.2, -0.15) is 0 Å². The lowest BCUT2D eigenvalue weighted by Gasteiger charge is -1.93. The third-order valence-corrected chi connectivity index (χ3v) is 2.16. The number of rotatable bonds is 0. The van der Waals surface area contributed by atoms with Crippen LogP contribution in [0, 0.1) is 6.92 Å². The smallest absolute Gasteiger partial charge is 0.0995 e. The Bertz CT molecular complexity index is 393. The van der Waals surface area contributed by atoms with E-state index in [-0.39, 0.29) is 0 Å². The maximum atomic E-state index is 4.18. The molecule has 0 saturated carbocycles. The molecule has 13 heavy (non-hydrogen) atoms. The third kappa shape index (κ3) is 2.10. The highest BCUT2D eigenvalue weighted by Crippen LogP contribution is 2.13. The van der Waals surface area contributed by atoms with Gasteiger partial charge in [0.05, 0.1) is 17.5 Å². The first-order chi connectivity index (χ1) is 6.27. The van der Waals surface area contributed by atoms with Crippen molar-refractivity contribution in [2.24, 2.45) is 0 Å². The van der Waals surface area contributed by atoms with Crippen LogP contribution in [0.15, 0.2) is 29.1 Å². The Labute approximate surface area is 86.7 Å². The van der Waals surface area contributed by atoms with E-state index in [4.69, 9.17) is 0 Å². The van der Waals surface area contributed by atoms with Crippen molar-refractivity contribution < 1.29 is 0 Å². The Balaban J connectivity index is 0.000000396. The first-order valence-electron chi connectivity index (χ1n) is 4.36. The largest absolute Gasteiger partial charge is 0.305 e. The van der Waals surface area contributed by atoms with Crippen molar-refractivity contribution >= 4 is 21.4 Å². The van der Waals surface area contributed by atoms with Gasteiger partial charge in [-0.3, -0.25) is 0 Å². The molecule has 0 spiro atoms. The summed E-state index contributed by atoms with van der Waals surface area (Å²) < 4.78 is 3.07. The molecule has 0 N–H and O–H groups in total. The lowest BCUT2D eigenvalue weighted by Crippen LogP contribution is -1.80. The minimum atomic E-state index is 1.07. The number of hydrogen-bond donors (Lipinski definition) is 0. The van der Waals surface area contributed by atoms with E-state index in [0.717, 1.165) is 15.7 Å². The quantitative estimate of drug-likeness (QED) is 0.690. The molecule has 0 aromatic carbocycles. The zero-order valence-electron chi connectivity index (χ0n) is 8.08. The zero-order valence-corrected chi connectivity index (χ0v) is 9.67. The van der Waals surface area contributed by atoms with Gasteiger partial charge in [0.1, 0.15) is 0 Å². The summed E-state index contributed by atoms with van der Waals surface area (Å²) in [5.41, 5.74) is 2.23. The van der Waals surface area contributed by atoms with E-state index in [1.54, 1.807) is 0 Å². The Hall–Kier alpha value is -0.830. The molecule has 0 saturated heterocycles. The number of nitrogens with zero attached hydrogens (tertiary/aromatic N) is 2. The van der Waals surface area contributed by atoms with Crippen LogP contribution in [-0.2, 0) is 0 Å². The second kappa shape index (κ2) is 4.42. The lowest BCUT2D eigenvalue weighted by molar-refractivity contribution is 1.14. The van der Waals surface area contributed by atoms with Gasteiger partial charge in [-0.25, -0.2) is 4.98 Å². The Kier molecular flexibility index (Phi) is 3.48. The minimum Gasteiger partial charge on any atom is -0.305 e. The fourth-order valence-corrected chi connectivity index (χ4v) is 1.46. The Morgan fingerprint density at radius 1 is 1.31 bits per heavy atom. The summed E-state index contributed by atoms with van der Waals surface area (Å²) in [5.74, 6) is 0. The fourth-order valence-electron chi connectivity index (χ4n) is 1.11. The van der Waals surface area contributed by atoms with Gasteiger partial charge in [-0.05, 0) is 35.0 Å². The average molecular weight is 241 g/mol. The van der Waals surface area contributed by atoms with Crippen molar-refractivity contribution in [2.75, 3.05) is 0 Å². The monoisotopic (exact) mass is 240 g/mol. The molecule has 2 heterocycles. The van der Waals surface area contributed by atoms with E-state index in [9.17, 15) is 0 Å². The maximum absolute atomic E-state index is 4.18. The van der Waals surface area contributed by atoms with E-state index in [1.165, 1.54) is 0 Å². The van der Waals surface area contributed by atoms with Crippen molar-refractivity contribution in [1.82, 2.24) is 9.38 Å². The number of imidazole rings is 1. The number of aryl methyl sites for hydroxylation is 1. The molecule has 2 aromatic heterocycles. The topological polar surface area (TPSA) is 17.3 Å². The summed E-state index contributed by atoms with van der Waals surface area (Å²) in [7, 11) is 0. The van der Waals surface area contributed by atoms with Gasteiger partial charge in [0, 0.05) is 10.7 Å². The van der Waals surface area contributed by atoms with Gasteiger partial charge in [-0.15, -0.1) is 0 Å². The summed E-state index contributed by atoms with van der Waals surface area (Å²) in [5, 5.41) is 0. The molecule has 0 aliphatic carbocycles. The van der Waals surface area contributed by atoms with Crippen molar-refractivity contribution in [3.8, 4) is 0 Å². The first-order valence-corrected chi connectivity index (χ1v) is 5.15.